The monoisotopic (exact) mass is 471 g/mol. The predicted molar refractivity (Wildman–Crippen MR) is 131 cm³/mol. The van der Waals surface area contributed by atoms with Gasteiger partial charge in [-0.3, -0.25) is 4.79 Å². The maximum atomic E-state index is 12.7. The number of hydrogen-bond donors (Lipinski definition) is 2. The number of anilines is 1. The molecule has 0 bridgehead atoms. The summed E-state index contributed by atoms with van der Waals surface area (Å²) in [5.74, 6) is 0.649. The fourth-order valence-electron chi connectivity index (χ4n) is 3.67. The number of furan rings is 1. The lowest BCUT2D eigenvalue weighted by molar-refractivity contribution is 0.102. The molecule has 0 aliphatic rings. The fourth-order valence-corrected chi connectivity index (χ4v) is 3.94. The molecule has 5 aromatic rings. The maximum Gasteiger partial charge on any atom is 0.344 e. The Kier molecular flexibility index (Phi) is 5.76. The van der Waals surface area contributed by atoms with Crippen LogP contribution in [0.1, 0.15) is 16.1 Å². The van der Waals surface area contributed by atoms with Crippen molar-refractivity contribution in [2.45, 2.75) is 6.61 Å². The SMILES string of the molecule is O=C(Nc1ccc(-c2ccc(CO)o2)c(Cl)c1)c1ccc(-c2cc3ccccc3oc2=O)cc1. The van der Waals surface area contributed by atoms with E-state index in [2.05, 4.69) is 5.32 Å². The molecule has 0 aliphatic carbocycles. The molecule has 2 heterocycles. The second-order valence-electron chi connectivity index (χ2n) is 7.64. The quantitative estimate of drug-likeness (QED) is 0.301. The molecular formula is C27H18ClNO5. The van der Waals surface area contributed by atoms with Gasteiger partial charge in [0.05, 0.1) is 10.6 Å². The average molecular weight is 472 g/mol. The van der Waals surface area contributed by atoms with Crippen molar-refractivity contribution in [1.82, 2.24) is 0 Å². The molecule has 0 aliphatic heterocycles. The van der Waals surface area contributed by atoms with Crippen molar-refractivity contribution >= 4 is 34.2 Å². The van der Waals surface area contributed by atoms with Gasteiger partial charge >= 0.3 is 5.63 Å². The van der Waals surface area contributed by atoms with Crippen molar-refractivity contribution in [2.75, 3.05) is 5.32 Å². The van der Waals surface area contributed by atoms with Crippen LogP contribution in [0.5, 0.6) is 0 Å². The van der Waals surface area contributed by atoms with E-state index in [0.29, 0.717) is 50.1 Å². The lowest BCUT2D eigenvalue weighted by Gasteiger charge is -2.09. The Balaban J connectivity index is 1.34. The van der Waals surface area contributed by atoms with Gasteiger partial charge in [-0.2, -0.15) is 0 Å². The van der Waals surface area contributed by atoms with Gasteiger partial charge in [0, 0.05) is 22.2 Å². The molecule has 6 nitrogen and oxygen atoms in total. The maximum absolute atomic E-state index is 12.7. The number of fused-ring (bicyclic) bond motifs is 1. The normalized spacial score (nSPS) is 11.0. The largest absolute Gasteiger partial charge is 0.459 e. The Hall–Kier alpha value is -4.13. The van der Waals surface area contributed by atoms with Crippen LogP contribution in [-0.4, -0.2) is 11.0 Å². The molecule has 0 fully saturated rings. The first-order valence-electron chi connectivity index (χ1n) is 10.5. The van der Waals surface area contributed by atoms with E-state index in [1.807, 2.05) is 18.2 Å². The Morgan fingerprint density at radius 2 is 1.68 bits per heavy atom. The number of nitrogens with one attached hydrogen (secondary N) is 1. The van der Waals surface area contributed by atoms with E-state index in [-0.39, 0.29) is 12.5 Å². The standard InChI is InChI=1S/C27H18ClNO5/c28-23-14-19(9-11-21(23)25-12-10-20(15-30)33-25)29-26(31)17-7-5-16(6-8-17)22-13-18-3-1-2-4-24(18)34-27(22)32/h1-14,30H,15H2,(H,29,31). The number of aliphatic hydroxyl groups is 1. The number of amides is 1. The third-order valence-electron chi connectivity index (χ3n) is 5.41. The minimum atomic E-state index is -0.437. The highest BCUT2D eigenvalue weighted by Crippen LogP contribution is 2.32. The Morgan fingerprint density at radius 3 is 2.41 bits per heavy atom. The van der Waals surface area contributed by atoms with Gasteiger partial charge in [0.2, 0.25) is 0 Å². The Morgan fingerprint density at radius 1 is 0.882 bits per heavy atom. The summed E-state index contributed by atoms with van der Waals surface area (Å²) in [5, 5.41) is 13.2. The van der Waals surface area contributed by atoms with Crippen molar-refractivity contribution in [3.05, 3.63) is 112 Å². The van der Waals surface area contributed by atoms with Gasteiger partial charge in [-0.25, -0.2) is 4.79 Å². The summed E-state index contributed by atoms with van der Waals surface area (Å²) in [6.07, 6.45) is 0. The molecule has 0 unspecified atom stereocenters. The topological polar surface area (TPSA) is 92.7 Å². The van der Waals surface area contributed by atoms with E-state index in [4.69, 9.17) is 25.5 Å². The summed E-state index contributed by atoms with van der Waals surface area (Å²) < 4.78 is 10.9. The van der Waals surface area contributed by atoms with Crippen LogP contribution in [0.3, 0.4) is 0 Å². The summed E-state index contributed by atoms with van der Waals surface area (Å²) in [7, 11) is 0. The molecule has 34 heavy (non-hydrogen) atoms. The first-order chi connectivity index (χ1) is 16.5. The van der Waals surface area contributed by atoms with Gasteiger partial charge in [-0.15, -0.1) is 0 Å². The molecule has 0 radical (unpaired) electrons. The third kappa shape index (κ3) is 4.24. The molecule has 5 rings (SSSR count). The second kappa shape index (κ2) is 9.02. The molecule has 2 N–H and O–H groups in total. The van der Waals surface area contributed by atoms with Crippen LogP contribution in [0.15, 0.2) is 98.6 Å². The molecule has 168 valence electrons. The van der Waals surface area contributed by atoms with E-state index in [1.165, 1.54) is 0 Å². The van der Waals surface area contributed by atoms with Crippen molar-refractivity contribution in [3.63, 3.8) is 0 Å². The van der Waals surface area contributed by atoms with Crippen LogP contribution >= 0.6 is 11.6 Å². The molecule has 0 atom stereocenters. The summed E-state index contributed by atoms with van der Waals surface area (Å²) >= 11 is 6.38. The van der Waals surface area contributed by atoms with Crippen LogP contribution in [0.2, 0.25) is 5.02 Å². The van der Waals surface area contributed by atoms with Gasteiger partial charge in [-0.05, 0) is 60.2 Å². The smallest absolute Gasteiger partial charge is 0.344 e. The van der Waals surface area contributed by atoms with Crippen LogP contribution < -0.4 is 10.9 Å². The van der Waals surface area contributed by atoms with Crippen molar-refractivity contribution in [3.8, 4) is 22.5 Å². The lowest BCUT2D eigenvalue weighted by Crippen LogP contribution is -2.12. The Bertz CT molecular complexity index is 1570. The first kappa shape index (κ1) is 21.7. The highest BCUT2D eigenvalue weighted by atomic mass is 35.5. The molecular weight excluding hydrogens is 454 g/mol. The lowest BCUT2D eigenvalue weighted by atomic mass is 10.0. The van der Waals surface area contributed by atoms with Crippen molar-refractivity contribution in [1.29, 1.82) is 0 Å². The summed E-state index contributed by atoms with van der Waals surface area (Å²) in [4.78, 5) is 25.1. The molecule has 7 heteroatoms. The number of carbonyl (C=O) groups excluding carboxylic acids is 1. The van der Waals surface area contributed by atoms with E-state index in [1.54, 1.807) is 66.7 Å². The number of benzene rings is 3. The zero-order chi connectivity index (χ0) is 23.7. The van der Waals surface area contributed by atoms with Crippen LogP contribution in [0.4, 0.5) is 5.69 Å². The molecule has 0 spiro atoms. The second-order valence-corrected chi connectivity index (χ2v) is 8.04. The van der Waals surface area contributed by atoms with Crippen molar-refractivity contribution in [2.24, 2.45) is 0 Å². The highest BCUT2D eigenvalue weighted by molar-refractivity contribution is 6.33. The average Bonchev–Trinajstić information content (AvgIpc) is 3.33. The highest BCUT2D eigenvalue weighted by Gasteiger charge is 2.13. The number of rotatable bonds is 5. The van der Waals surface area contributed by atoms with Crippen molar-refractivity contribution < 1.29 is 18.7 Å². The van der Waals surface area contributed by atoms with E-state index in [0.717, 1.165) is 5.39 Å². The molecule has 0 saturated carbocycles. The minimum absolute atomic E-state index is 0.198. The number of hydrogen-bond acceptors (Lipinski definition) is 5. The molecule has 1 amide bonds. The molecule has 2 aromatic heterocycles. The van der Waals surface area contributed by atoms with Gasteiger partial charge in [-0.1, -0.05) is 41.9 Å². The number of para-hydroxylation sites is 1. The predicted octanol–water partition coefficient (Wildman–Crippen LogP) is 6.12. The molecule has 3 aromatic carbocycles. The number of halogens is 1. The minimum Gasteiger partial charge on any atom is -0.459 e. The summed E-state index contributed by atoms with van der Waals surface area (Å²) in [6.45, 7) is -0.198. The van der Waals surface area contributed by atoms with E-state index in [9.17, 15) is 9.59 Å². The van der Waals surface area contributed by atoms with Gasteiger partial charge in [0.15, 0.2) is 0 Å². The fraction of sp³-hybridized carbons (Fsp3) is 0.0370. The third-order valence-corrected chi connectivity index (χ3v) is 5.72. The Labute approximate surface area is 199 Å². The first-order valence-corrected chi connectivity index (χ1v) is 10.8. The zero-order valence-corrected chi connectivity index (χ0v) is 18.5. The number of aliphatic hydroxyl groups excluding tert-OH is 1. The number of carbonyl (C=O) groups is 1. The molecule has 0 saturated heterocycles. The van der Waals surface area contributed by atoms with Crippen LogP contribution in [0.25, 0.3) is 33.4 Å². The van der Waals surface area contributed by atoms with E-state index < -0.39 is 5.63 Å². The van der Waals surface area contributed by atoms with Crippen LogP contribution in [0, 0.1) is 0 Å². The van der Waals surface area contributed by atoms with Crippen LogP contribution in [-0.2, 0) is 6.61 Å². The summed E-state index contributed by atoms with van der Waals surface area (Å²) in [5.41, 5.74) is 2.77. The summed E-state index contributed by atoms with van der Waals surface area (Å²) in [6, 6.07) is 24.3. The van der Waals surface area contributed by atoms with Gasteiger partial charge in [0.1, 0.15) is 23.7 Å². The van der Waals surface area contributed by atoms with E-state index >= 15 is 0 Å². The van der Waals surface area contributed by atoms with Gasteiger partial charge < -0.3 is 19.3 Å². The zero-order valence-electron chi connectivity index (χ0n) is 17.7. The van der Waals surface area contributed by atoms with Gasteiger partial charge in [0.25, 0.3) is 5.91 Å².